The minimum Gasteiger partial charge on any atom is -0.462 e. The summed E-state index contributed by atoms with van der Waals surface area (Å²) in [6, 6.07) is 7.22. The Morgan fingerprint density at radius 2 is 1.81 bits per heavy atom. The van der Waals surface area contributed by atoms with E-state index in [9.17, 15) is 18.0 Å². The molecule has 1 amide bonds. The van der Waals surface area contributed by atoms with Crippen molar-refractivity contribution in [1.82, 2.24) is 4.57 Å². The van der Waals surface area contributed by atoms with E-state index in [0.717, 1.165) is 5.69 Å². The Balaban J connectivity index is 2.12. The van der Waals surface area contributed by atoms with Crippen molar-refractivity contribution in [3.63, 3.8) is 0 Å². The SMILES string of the molecule is CCOC(=O)c1cc(C)n(CC(=O)Nc2ccc(S(N)(=O)=O)cc2)c1C. The molecule has 0 saturated heterocycles. The number of amides is 1. The second-order valence-electron chi connectivity index (χ2n) is 5.71. The molecule has 0 spiro atoms. The highest BCUT2D eigenvalue weighted by molar-refractivity contribution is 7.89. The maximum Gasteiger partial charge on any atom is 0.339 e. The van der Waals surface area contributed by atoms with E-state index in [1.807, 2.05) is 0 Å². The number of esters is 1. The molecule has 2 rings (SSSR count). The van der Waals surface area contributed by atoms with Crippen LogP contribution in [0.5, 0.6) is 0 Å². The van der Waals surface area contributed by atoms with Crippen LogP contribution >= 0.6 is 0 Å². The van der Waals surface area contributed by atoms with Crippen molar-refractivity contribution in [3.05, 3.63) is 47.3 Å². The molecule has 0 aliphatic carbocycles. The minimum atomic E-state index is -3.78. The Labute approximate surface area is 152 Å². The zero-order valence-electron chi connectivity index (χ0n) is 14.8. The van der Waals surface area contributed by atoms with Crippen LogP contribution < -0.4 is 10.5 Å². The summed E-state index contributed by atoms with van der Waals surface area (Å²) in [7, 11) is -3.78. The van der Waals surface area contributed by atoms with Crippen LogP contribution in [0.3, 0.4) is 0 Å². The number of hydrogen-bond acceptors (Lipinski definition) is 5. The number of aryl methyl sites for hydroxylation is 1. The van der Waals surface area contributed by atoms with Crippen LogP contribution in [0.2, 0.25) is 0 Å². The highest BCUT2D eigenvalue weighted by atomic mass is 32.2. The molecular formula is C17H21N3O5S. The predicted molar refractivity (Wildman–Crippen MR) is 96.3 cm³/mol. The average molecular weight is 379 g/mol. The average Bonchev–Trinajstić information content (AvgIpc) is 2.83. The van der Waals surface area contributed by atoms with Crippen LogP contribution in [0.15, 0.2) is 35.2 Å². The van der Waals surface area contributed by atoms with Gasteiger partial charge in [-0.2, -0.15) is 0 Å². The number of carbonyl (C=O) groups excluding carboxylic acids is 2. The van der Waals surface area contributed by atoms with E-state index in [0.29, 0.717) is 16.9 Å². The van der Waals surface area contributed by atoms with E-state index in [1.54, 1.807) is 31.4 Å². The lowest BCUT2D eigenvalue weighted by molar-refractivity contribution is -0.116. The summed E-state index contributed by atoms with van der Waals surface area (Å²) in [6.07, 6.45) is 0. The first-order valence-electron chi connectivity index (χ1n) is 7.90. The van der Waals surface area contributed by atoms with Gasteiger partial charge in [-0.1, -0.05) is 0 Å². The Morgan fingerprint density at radius 1 is 1.19 bits per heavy atom. The van der Waals surface area contributed by atoms with Crippen molar-refractivity contribution < 1.29 is 22.7 Å². The number of nitrogens with zero attached hydrogens (tertiary/aromatic N) is 1. The summed E-state index contributed by atoms with van der Waals surface area (Å²) < 4.78 is 29.2. The van der Waals surface area contributed by atoms with Gasteiger partial charge in [-0.25, -0.2) is 18.4 Å². The smallest absolute Gasteiger partial charge is 0.339 e. The Kier molecular flexibility index (Phi) is 5.83. The highest BCUT2D eigenvalue weighted by Gasteiger charge is 2.18. The normalized spacial score (nSPS) is 11.2. The van der Waals surface area contributed by atoms with E-state index in [4.69, 9.17) is 9.88 Å². The van der Waals surface area contributed by atoms with E-state index in [-0.39, 0.29) is 24.0 Å². The number of hydrogen-bond donors (Lipinski definition) is 2. The lowest BCUT2D eigenvalue weighted by atomic mass is 10.2. The molecule has 0 atom stereocenters. The van der Waals surface area contributed by atoms with Gasteiger partial charge in [-0.05, 0) is 51.1 Å². The molecule has 0 bridgehead atoms. The van der Waals surface area contributed by atoms with Crippen molar-refractivity contribution in [1.29, 1.82) is 0 Å². The molecule has 0 radical (unpaired) electrons. The molecule has 9 heteroatoms. The lowest BCUT2D eigenvalue weighted by Gasteiger charge is -2.11. The minimum absolute atomic E-state index is 0.00795. The van der Waals surface area contributed by atoms with Crippen molar-refractivity contribution in [2.75, 3.05) is 11.9 Å². The van der Waals surface area contributed by atoms with Gasteiger partial charge >= 0.3 is 5.97 Å². The van der Waals surface area contributed by atoms with Gasteiger partial charge < -0.3 is 14.6 Å². The van der Waals surface area contributed by atoms with Gasteiger partial charge in [0.25, 0.3) is 0 Å². The third kappa shape index (κ3) is 4.50. The molecule has 2 aromatic rings. The highest BCUT2D eigenvalue weighted by Crippen LogP contribution is 2.17. The number of primary sulfonamides is 1. The molecule has 26 heavy (non-hydrogen) atoms. The Hall–Kier alpha value is -2.65. The van der Waals surface area contributed by atoms with Gasteiger partial charge in [0.2, 0.25) is 15.9 Å². The van der Waals surface area contributed by atoms with Crippen LogP contribution in [0.1, 0.15) is 28.7 Å². The first-order valence-corrected chi connectivity index (χ1v) is 9.44. The topological polar surface area (TPSA) is 120 Å². The number of carbonyl (C=O) groups is 2. The van der Waals surface area contributed by atoms with Gasteiger partial charge in [0.05, 0.1) is 17.1 Å². The molecule has 0 fully saturated rings. The summed E-state index contributed by atoms with van der Waals surface area (Å²) in [4.78, 5) is 24.2. The molecule has 140 valence electrons. The van der Waals surface area contributed by atoms with Gasteiger partial charge in [-0.3, -0.25) is 4.79 Å². The number of anilines is 1. The second-order valence-corrected chi connectivity index (χ2v) is 7.27. The molecule has 8 nitrogen and oxygen atoms in total. The summed E-state index contributed by atoms with van der Waals surface area (Å²) in [5.74, 6) is -0.739. The molecule has 0 aliphatic heterocycles. The van der Waals surface area contributed by atoms with Crippen molar-refractivity contribution in [2.45, 2.75) is 32.2 Å². The first-order chi connectivity index (χ1) is 12.1. The summed E-state index contributed by atoms with van der Waals surface area (Å²) in [5.41, 5.74) is 2.26. The standard InChI is InChI=1S/C17H21N3O5S/c1-4-25-17(22)15-9-11(2)20(12(15)3)10-16(21)19-13-5-7-14(8-6-13)26(18,23)24/h5-9H,4,10H2,1-3H3,(H,19,21)(H2,18,23,24). The number of rotatable bonds is 6. The summed E-state index contributed by atoms with van der Waals surface area (Å²) in [5, 5.41) is 7.71. The fraction of sp³-hybridized carbons (Fsp3) is 0.294. The van der Waals surface area contributed by atoms with Gasteiger partial charge in [0.1, 0.15) is 6.54 Å². The lowest BCUT2D eigenvalue weighted by Crippen LogP contribution is -2.20. The van der Waals surface area contributed by atoms with Gasteiger partial charge in [-0.15, -0.1) is 0 Å². The summed E-state index contributed by atoms with van der Waals surface area (Å²) in [6.45, 7) is 5.55. The molecule has 1 heterocycles. The predicted octanol–water partition coefficient (Wildman–Crippen LogP) is 1.57. The maximum absolute atomic E-state index is 12.3. The fourth-order valence-corrected chi connectivity index (χ4v) is 3.05. The zero-order valence-corrected chi connectivity index (χ0v) is 15.6. The quantitative estimate of drug-likeness (QED) is 0.738. The third-order valence-corrected chi connectivity index (χ3v) is 4.77. The maximum atomic E-state index is 12.3. The zero-order chi connectivity index (χ0) is 19.5. The molecule has 0 unspecified atom stereocenters. The molecule has 0 saturated carbocycles. The van der Waals surface area contributed by atoms with Gasteiger partial charge in [0, 0.05) is 17.1 Å². The van der Waals surface area contributed by atoms with Crippen LogP contribution in [-0.2, 0) is 26.1 Å². The Morgan fingerprint density at radius 3 is 2.35 bits per heavy atom. The van der Waals surface area contributed by atoms with Gasteiger partial charge in [0.15, 0.2) is 0 Å². The summed E-state index contributed by atoms with van der Waals surface area (Å²) >= 11 is 0. The number of aromatic nitrogens is 1. The monoisotopic (exact) mass is 379 g/mol. The number of nitrogens with one attached hydrogen (secondary N) is 1. The number of sulfonamides is 1. The van der Waals surface area contributed by atoms with Crippen LogP contribution in [0.4, 0.5) is 5.69 Å². The van der Waals surface area contributed by atoms with Crippen LogP contribution in [0.25, 0.3) is 0 Å². The van der Waals surface area contributed by atoms with E-state index < -0.39 is 16.0 Å². The number of nitrogens with two attached hydrogens (primary N) is 1. The molecule has 1 aromatic carbocycles. The Bertz CT molecular complexity index is 930. The van der Waals surface area contributed by atoms with E-state index in [2.05, 4.69) is 5.32 Å². The number of benzene rings is 1. The molecule has 0 aliphatic rings. The molecule has 1 aromatic heterocycles. The number of ether oxygens (including phenoxy) is 1. The van der Waals surface area contributed by atoms with Crippen molar-refractivity contribution >= 4 is 27.6 Å². The van der Waals surface area contributed by atoms with Crippen LogP contribution in [-0.4, -0.2) is 31.5 Å². The van der Waals surface area contributed by atoms with Crippen molar-refractivity contribution in [3.8, 4) is 0 Å². The second kappa shape index (κ2) is 7.71. The fourth-order valence-electron chi connectivity index (χ4n) is 2.53. The van der Waals surface area contributed by atoms with Crippen LogP contribution in [0, 0.1) is 13.8 Å². The van der Waals surface area contributed by atoms with E-state index >= 15 is 0 Å². The third-order valence-electron chi connectivity index (χ3n) is 3.84. The molecule has 3 N–H and O–H groups in total. The van der Waals surface area contributed by atoms with E-state index in [1.165, 1.54) is 24.3 Å². The molecular weight excluding hydrogens is 358 g/mol. The van der Waals surface area contributed by atoms with Crippen molar-refractivity contribution in [2.24, 2.45) is 5.14 Å². The first kappa shape index (κ1) is 19.7. The largest absolute Gasteiger partial charge is 0.462 e.